The molecule has 2 amide bonds. The summed E-state index contributed by atoms with van der Waals surface area (Å²) in [7, 11) is 0. The number of carbonyl (C=O) groups is 2. The van der Waals surface area contributed by atoms with Crippen molar-refractivity contribution < 1.29 is 19.1 Å². The molecule has 0 saturated heterocycles. The van der Waals surface area contributed by atoms with Crippen LogP contribution in [0.3, 0.4) is 0 Å². The number of nitrogens with zero attached hydrogens (tertiary/aromatic N) is 1. The molecule has 2 aromatic rings. The fraction of sp³-hybridized carbons (Fsp3) is 0.462. The molecule has 2 rings (SSSR count). The maximum Gasteiger partial charge on any atom is 0.242 e. The van der Waals surface area contributed by atoms with Crippen molar-refractivity contribution in [3.8, 4) is 11.5 Å². The van der Waals surface area contributed by atoms with Crippen LogP contribution in [-0.4, -0.2) is 42.5 Å². The zero-order valence-electron chi connectivity index (χ0n) is 20.0. The van der Waals surface area contributed by atoms with E-state index >= 15 is 0 Å². The van der Waals surface area contributed by atoms with Crippen molar-refractivity contribution >= 4 is 23.4 Å². The predicted octanol–water partition coefficient (Wildman–Crippen LogP) is 5.01. The number of benzene rings is 2. The van der Waals surface area contributed by atoms with E-state index in [0.29, 0.717) is 49.1 Å². The Morgan fingerprint density at radius 2 is 1.70 bits per heavy atom. The van der Waals surface area contributed by atoms with Gasteiger partial charge < -0.3 is 19.7 Å². The van der Waals surface area contributed by atoms with Crippen molar-refractivity contribution in [2.75, 3.05) is 19.8 Å². The normalized spacial score (nSPS) is 11.5. The minimum atomic E-state index is -0.562. The molecule has 2 aromatic carbocycles. The number of aryl methyl sites for hydroxylation is 1. The third-order valence-electron chi connectivity index (χ3n) is 5.27. The van der Waals surface area contributed by atoms with Crippen LogP contribution in [0.1, 0.15) is 51.7 Å². The van der Waals surface area contributed by atoms with Gasteiger partial charge in [0.25, 0.3) is 0 Å². The number of amides is 2. The molecular weight excluding hydrogens is 440 g/mol. The van der Waals surface area contributed by atoms with Crippen molar-refractivity contribution in [3.05, 3.63) is 58.6 Å². The predicted molar refractivity (Wildman–Crippen MR) is 132 cm³/mol. The van der Waals surface area contributed by atoms with Gasteiger partial charge in [0, 0.05) is 24.5 Å². The third kappa shape index (κ3) is 7.67. The van der Waals surface area contributed by atoms with E-state index in [-0.39, 0.29) is 24.8 Å². The van der Waals surface area contributed by atoms with Gasteiger partial charge in [-0.25, -0.2) is 0 Å². The topological polar surface area (TPSA) is 67.9 Å². The molecule has 0 unspecified atom stereocenters. The first kappa shape index (κ1) is 26.5. The van der Waals surface area contributed by atoms with Gasteiger partial charge in [0.1, 0.15) is 6.04 Å². The lowest BCUT2D eigenvalue weighted by molar-refractivity contribution is -0.141. The molecule has 0 radical (unpaired) electrons. The van der Waals surface area contributed by atoms with Crippen molar-refractivity contribution in [2.45, 2.75) is 59.5 Å². The average Bonchev–Trinajstić information content (AvgIpc) is 2.80. The highest BCUT2D eigenvalue weighted by molar-refractivity contribution is 6.31. The second-order valence-corrected chi connectivity index (χ2v) is 7.99. The van der Waals surface area contributed by atoms with Gasteiger partial charge in [-0.2, -0.15) is 0 Å². The fourth-order valence-electron chi connectivity index (χ4n) is 3.67. The van der Waals surface area contributed by atoms with E-state index in [1.165, 1.54) is 0 Å². The minimum Gasteiger partial charge on any atom is -0.490 e. The molecule has 0 aromatic heterocycles. The lowest BCUT2D eigenvalue weighted by atomic mass is 10.1. The number of nitrogens with one attached hydrogen (secondary N) is 1. The Morgan fingerprint density at radius 3 is 2.33 bits per heavy atom. The van der Waals surface area contributed by atoms with Gasteiger partial charge in [-0.05, 0) is 62.9 Å². The molecule has 1 atom stereocenters. The standard InChI is InChI=1S/C26H35ClN2O4/c1-5-22(26(31)28-6-2)29(18-20-11-9-10-12-21(20)27)25(30)16-14-19-13-15-23(32-7-3)24(17-19)33-8-4/h9-13,15,17,22H,5-8,14,16,18H2,1-4H3,(H,28,31)/t22-/m0/s1. The van der Waals surface area contributed by atoms with Crippen LogP contribution >= 0.6 is 11.6 Å². The summed E-state index contributed by atoms with van der Waals surface area (Å²) in [6.07, 6.45) is 1.30. The van der Waals surface area contributed by atoms with E-state index in [1.807, 2.05) is 64.1 Å². The number of ether oxygens (including phenoxy) is 2. The Bertz CT molecular complexity index is 919. The van der Waals surface area contributed by atoms with E-state index in [1.54, 1.807) is 11.0 Å². The largest absolute Gasteiger partial charge is 0.490 e. The molecule has 6 nitrogen and oxygen atoms in total. The Balaban J connectivity index is 2.22. The van der Waals surface area contributed by atoms with Crippen LogP contribution in [0.25, 0.3) is 0 Å². The van der Waals surface area contributed by atoms with E-state index < -0.39 is 6.04 Å². The molecule has 0 bridgehead atoms. The molecule has 0 aliphatic rings. The summed E-state index contributed by atoms with van der Waals surface area (Å²) in [6.45, 7) is 9.49. The van der Waals surface area contributed by atoms with E-state index in [4.69, 9.17) is 21.1 Å². The van der Waals surface area contributed by atoms with Crippen LogP contribution < -0.4 is 14.8 Å². The highest BCUT2D eigenvalue weighted by Gasteiger charge is 2.28. The number of hydrogen-bond acceptors (Lipinski definition) is 4. The van der Waals surface area contributed by atoms with Crippen molar-refractivity contribution in [2.24, 2.45) is 0 Å². The Labute approximate surface area is 202 Å². The molecule has 0 aliphatic carbocycles. The Hall–Kier alpha value is -2.73. The molecular formula is C26H35ClN2O4. The van der Waals surface area contributed by atoms with Crippen LogP contribution in [0.2, 0.25) is 5.02 Å². The smallest absolute Gasteiger partial charge is 0.242 e. The second-order valence-electron chi connectivity index (χ2n) is 7.58. The molecule has 0 fully saturated rings. The van der Waals surface area contributed by atoms with Gasteiger partial charge >= 0.3 is 0 Å². The Kier molecular flexibility index (Phi) is 11.0. The Morgan fingerprint density at radius 1 is 1.00 bits per heavy atom. The van der Waals surface area contributed by atoms with Crippen molar-refractivity contribution in [1.82, 2.24) is 10.2 Å². The summed E-state index contributed by atoms with van der Waals surface area (Å²) in [5.41, 5.74) is 1.79. The molecule has 0 spiro atoms. The second kappa shape index (κ2) is 13.7. The van der Waals surface area contributed by atoms with E-state index in [2.05, 4.69) is 5.32 Å². The first-order chi connectivity index (χ1) is 15.9. The summed E-state index contributed by atoms with van der Waals surface area (Å²) in [4.78, 5) is 27.7. The van der Waals surface area contributed by atoms with Crippen LogP contribution in [0.4, 0.5) is 0 Å². The quantitative estimate of drug-likeness (QED) is 0.443. The fourth-order valence-corrected chi connectivity index (χ4v) is 3.86. The summed E-state index contributed by atoms with van der Waals surface area (Å²) in [5.74, 6) is 1.11. The SMILES string of the molecule is CCNC(=O)[C@H](CC)N(Cc1ccccc1Cl)C(=O)CCc1ccc(OCC)c(OCC)c1. The number of rotatable bonds is 13. The number of hydrogen-bond donors (Lipinski definition) is 1. The average molecular weight is 475 g/mol. The minimum absolute atomic E-state index is 0.0973. The third-order valence-corrected chi connectivity index (χ3v) is 5.64. The maximum absolute atomic E-state index is 13.4. The van der Waals surface area contributed by atoms with Gasteiger partial charge in [0.2, 0.25) is 11.8 Å². The van der Waals surface area contributed by atoms with Crippen LogP contribution in [0.5, 0.6) is 11.5 Å². The number of halogens is 1. The molecule has 0 saturated carbocycles. The van der Waals surface area contributed by atoms with Crippen molar-refractivity contribution in [1.29, 1.82) is 0 Å². The van der Waals surface area contributed by atoms with Crippen LogP contribution in [-0.2, 0) is 22.6 Å². The van der Waals surface area contributed by atoms with Gasteiger partial charge in [-0.15, -0.1) is 0 Å². The van der Waals surface area contributed by atoms with Crippen LogP contribution in [0.15, 0.2) is 42.5 Å². The zero-order chi connectivity index (χ0) is 24.2. The van der Waals surface area contributed by atoms with Crippen LogP contribution in [0, 0.1) is 0 Å². The summed E-state index contributed by atoms with van der Waals surface area (Å²) in [5, 5.41) is 3.43. The highest BCUT2D eigenvalue weighted by atomic mass is 35.5. The molecule has 33 heavy (non-hydrogen) atoms. The summed E-state index contributed by atoms with van der Waals surface area (Å²) in [6, 6.07) is 12.6. The molecule has 180 valence electrons. The van der Waals surface area contributed by atoms with Gasteiger partial charge in [0.05, 0.1) is 13.2 Å². The first-order valence-corrected chi connectivity index (χ1v) is 12.0. The molecule has 0 heterocycles. The summed E-state index contributed by atoms with van der Waals surface area (Å²) >= 11 is 6.36. The highest BCUT2D eigenvalue weighted by Crippen LogP contribution is 2.29. The molecule has 7 heteroatoms. The lowest BCUT2D eigenvalue weighted by Gasteiger charge is -2.31. The maximum atomic E-state index is 13.4. The zero-order valence-corrected chi connectivity index (χ0v) is 20.8. The first-order valence-electron chi connectivity index (χ1n) is 11.6. The monoisotopic (exact) mass is 474 g/mol. The van der Waals surface area contributed by atoms with E-state index in [9.17, 15) is 9.59 Å². The number of likely N-dealkylation sites (N-methyl/N-ethyl adjacent to an activating group) is 1. The summed E-state index contributed by atoms with van der Waals surface area (Å²) < 4.78 is 11.3. The van der Waals surface area contributed by atoms with Gasteiger partial charge in [-0.1, -0.05) is 42.8 Å². The lowest BCUT2D eigenvalue weighted by Crippen LogP contribution is -2.49. The van der Waals surface area contributed by atoms with Crippen molar-refractivity contribution in [3.63, 3.8) is 0 Å². The molecule has 0 aliphatic heterocycles. The molecule has 1 N–H and O–H groups in total. The van der Waals surface area contributed by atoms with Gasteiger partial charge in [0.15, 0.2) is 11.5 Å². The van der Waals surface area contributed by atoms with E-state index in [0.717, 1.165) is 11.1 Å². The van der Waals surface area contributed by atoms with Gasteiger partial charge in [-0.3, -0.25) is 9.59 Å². The number of carbonyl (C=O) groups excluding carboxylic acids is 2.